The summed E-state index contributed by atoms with van der Waals surface area (Å²) in [5, 5.41) is 12.7. The van der Waals surface area contributed by atoms with E-state index in [0.717, 1.165) is 18.5 Å². The third-order valence-electron chi connectivity index (χ3n) is 5.49. The van der Waals surface area contributed by atoms with Gasteiger partial charge in [-0.25, -0.2) is 0 Å². The number of hydrogen-bond acceptors (Lipinski definition) is 4. The van der Waals surface area contributed by atoms with Crippen LogP contribution in [0, 0.1) is 5.92 Å². The highest BCUT2D eigenvalue weighted by atomic mass is 16.3. The van der Waals surface area contributed by atoms with Crippen LogP contribution in [0.15, 0.2) is 24.3 Å². The molecule has 6 heteroatoms. The van der Waals surface area contributed by atoms with E-state index >= 15 is 0 Å². The number of piperazine rings is 1. The molecule has 0 unspecified atom stereocenters. The lowest BCUT2D eigenvalue weighted by Gasteiger charge is -2.36. The number of benzene rings is 1. The minimum absolute atomic E-state index is 0.00176. The summed E-state index contributed by atoms with van der Waals surface area (Å²) in [5.74, 6) is 0.722. The van der Waals surface area contributed by atoms with Crippen LogP contribution < -0.4 is 10.2 Å². The molecule has 0 bridgehead atoms. The van der Waals surface area contributed by atoms with Gasteiger partial charge in [0.1, 0.15) is 5.75 Å². The smallest absolute Gasteiger partial charge is 0.242 e. The fraction of sp³-hybridized carbons (Fsp3) is 0.600. The molecule has 2 N–H and O–H groups in total. The van der Waals surface area contributed by atoms with E-state index in [0.29, 0.717) is 38.5 Å². The molecule has 2 aliphatic rings. The minimum Gasteiger partial charge on any atom is -0.506 e. The van der Waals surface area contributed by atoms with Gasteiger partial charge in [-0.05, 0) is 30.9 Å². The Morgan fingerprint density at radius 3 is 2.42 bits per heavy atom. The summed E-state index contributed by atoms with van der Waals surface area (Å²) in [4.78, 5) is 28.3. The van der Waals surface area contributed by atoms with Crippen LogP contribution in [0.25, 0.3) is 0 Å². The molecule has 142 valence electrons. The van der Waals surface area contributed by atoms with Gasteiger partial charge in [0.2, 0.25) is 11.8 Å². The Morgan fingerprint density at radius 2 is 1.73 bits per heavy atom. The fourth-order valence-corrected chi connectivity index (χ4v) is 3.94. The Hall–Kier alpha value is -2.24. The largest absolute Gasteiger partial charge is 0.506 e. The van der Waals surface area contributed by atoms with Crippen LogP contribution in [0.3, 0.4) is 0 Å². The van der Waals surface area contributed by atoms with Crippen LogP contribution in [0.1, 0.15) is 38.5 Å². The molecule has 1 aromatic rings. The average molecular weight is 359 g/mol. The minimum atomic E-state index is -0.0288. The number of carbonyl (C=O) groups excluding carboxylic acids is 2. The lowest BCUT2D eigenvalue weighted by molar-refractivity contribution is -0.133. The van der Waals surface area contributed by atoms with E-state index in [4.69, 9.17) is 0 Å². The number of carbonyl (C=O) groups is 2. The number of anilines is 1. The highest BCUT2D eigenvalue weighted by molar-refractivity contribution is 5.85. The van der Waals surface area contributed by atoms with Crippen molar-refractivity contribution in [2.45, 2.75) is 38.5 Å². The summed E-state index contributed by atoms with van der Waals surface area (Å²) in [5.41, 5.74) is 0.806. The van der Waals surface area contributed by atoms with Crippen LogP contribution in [-0.2, 0) is 9.59 Å². The SMILES string of the molecule is O=C(CC1CCCCC1)NCC(=O)N1CCN(c2ccccc2O)CC1. The van der Waals surface area contributed by atoms with Gasteiger partial charge in [-0.15, -0.1) is 0 Å². The molecule has 0 spiro atoms. The topological polar surface area (TPSA) is 72.9 Å². The molecule has 26 heavy (non-hydrogen) atoms. The molecule has 2 amide bonds. The van der Waals surface area contributed by atoms with Crippen molar-refractivity contribution in [2.24, 2.45) is 5.92 Å². The van der Waals surface area contributed by atoms with Crippen LogP contribution in [0.5, 0.6) is 5.75 Å². The molecule has 1 heterocycles. The van der Waals surface area contributed by atoms with Gasteiger partial charge >= 0.3 is 0 Å². The first kappa shape index (κ1) is 18.5. The molecule has 0 radical (unpaired) electrons. The summed E-state index contributed by atoms with van der Waals surface area (Å²) in [6.07, 6.45) is 6.54. The molecule has 1 aliphatic carbocycles. The van der Waals surface area contributed by atoms with Crippen LogP contribution in [0.4, 0.5) is 5.69 Å². The monoisotopic (exact) mass is 359 g/mol. The Kier molecular flexibility index (Phi) is 6.36. The van der Waals surface area contributed by atoms with E-state index < -0.39 is 0 Å². The highest BCUT2D eigenvalue weighted by Crippen LogP contribution is 2.27. The lowest BCUT2D eigenvalue weighted by Crippen LogP contribution is -2.51. The third-order valence-corrected chi connectivity index (χ3v) is 5.49. The number of aromatic hydroxyl groups is 1. The van der Waals surface area contributed by atoms with Crippen molar-refractivity contribution < 1.29 is 14.7 Å². The number of rotatable bonds is 5. The van der Waals surface area contributed by atoms with E-state index in [1.165, 1.54) is 19.3 Å². The maximum atomic E-state index is 12.3. The predicted molar refractivity (Wildman–Crippen MR) is 101 cm³/mol. The number of phenolic OH excluding ortho intramolecular Hbond substituents is 1. The van der Waals surface area contributed by atoms with Crippen molar-refractivity contribution in [2.75, 3.05) is 37.6 Å². The highest BCUT2D eigenvalue weighted by Gasteiger charge is 2.23. The van der Waals surface area contributed by atoms with Crippen molar-refractivity contribution in [1.82, 2.24) is 10.2 Å². The summed E-state index contributed by atoms with van der Waals surface area (Å²) >= 11 is 0. The molecule has 0 atom stereocenters. The number of hydrogen-bond donors (Lipinski definition) is 2. The van der Waals surface area contributed by atoms with Gasteiger partial charge in [-0.3, -0.25) is 9.59 Å². The maximum absolute atomic E-state index is 12.3. The maximum Gasteiger partial charge on any atom is 0.242 e. The summed E-state index contributed by atoms with van der Waals surface area (Å²) < 4.78 is 0. The first-order valence-corrected chi connectivity index (χ1v) is 9.71. The number of nitrogens with zero attached hydrogens (tertiary/aromatic N) is 2. The Balaban J connectivity index is 1.39. The quantitative estimate of drug-likeness (QED) is 0.845. The molecule has 0 aromatic heterocycles. The second kappa shape index (κ2) is 8.92. The van der Waals surface area contributed by atoms with Gasteiger partial charge in [0.25, 0.3) is 0 Å². The Morgan fingerprint density at radius 1 is 1.04 bits per heavy atom. The van der Waals surface area contributed by atoms with Gasteiger partial charge in [0.15, 0.2) is 0 Å². The van der Waals surface area contributed by atoms with E-state index in [-0.39, 0.29) is 24.1 Å². The summed E-state index contributed by atoms with van der Waals surface area (Å²) in [6.45, 7) is 2.65. The Labute approximate surface area is 155 Å². The standard InChI is InChI=1S/C20H29N3O3/c24-18-9-5-4-8-17(18)22-10-12-23(13-11-22)20(26)15-21-19(25)14-16-6-2-1-3-7-16/h4-5,8-9,16,24H,1-3,6-7,10-15H2,(H,21,25). The van der Waals surface area contributed by atoms with Crippen molar-refractivity contribution in [3.8, 4) is 5.75 Å². The van der Waals surface area contributed by atoms with Gasteiger partial charge in [-0.1, -0.05) is 31.4 Å². The number of amides is 2. The normalized spacial score (nSPS) is 18.6. The van der Waals surface area contributed by atoms with E-state index in [2.05, 4.69) is 10.2 Å². The molecule has 3 rings (SSSR count). The second-order valence-corrected chi connectivity index (χ2v) is 7.34. The van der Waals surface area contributed by atoms with Gasteiger partial charge < -0.3 is 20.2 Å². The molecule has 6 nitrogen and oxygen atoms in total. The molecular formula is C20H29N3O3. The molecular weight excluding hydrogens is 330 g/mol. The molecule has 2 fully saturated rings. The fourth-order valence-electron chi connectivity index (χ4n) is 3.94. The summed E-state index contributed by atoms with van der Waals surface area (Å²) in [7, 11) is 0. The van der Waals surface area contributed by atoms with Crippen LogP contribution in [-0.4, -0.2) is 54.5 Å². The molecule has 1 aromatic carbocycles. The van der Waals surface area contributed by atoms with E-state index in [9.17, 15) is 14.7 Å². The van der Waals surface area contributed by atoms with Gasteiger partial charge in [0, 0.05) is 32.6 Å². The van der Waals surface area contributed by atoms with Crippen LogP contribution in [0.2, 0.25) is 0 Å². The molecule has 1 aliphatic heterocycles. The average Bonchev–Trinajstić information content (AvgIpc) is 2.67. The predicted octanol–water partition coefficient (Wildman–Crippen LogP) is 2.13. The molecule has 1 saturated heterocycles. The second-order valence-electron chi connectivity index (χ2n) is 7.34. The van der Waals surface area contributed by atoms with Crippen molar-refractivity contribution >= 4 is 17.5 Å². The number of phenols is 1. The van der Waals surface area contributed by atoms with Gasteiger partial charge in [-0.2, -0.15) is 0 Å². The third kappa shape index (κ3) is 4.90. The zero-order valence-corrected chi connectivity index (χ0v) is 15.3. The van der Waals surface area contributed by atoms with E-state index in [1.54, 1.807) is 17.0 Å². The van der Waals surface area contributed by atoms with E-state index in [1.807, 2.05) is 12.1 Å². The zero-order valence-electron chi connectivity index (χ0n) is 15.3. The summed E-state index contributed by atoms with van der Waals surface area (Å²) in [6, 6.07) is 7.26. The van der Waals surface area contributed by atoms with Crippen LogP contribution >= 0.6 is 0 Å². The van der Waals surface area contributed by atoms with Crippen molar-refractivity contribution in [3.63, 3.8) is 0 Å². The van der Waals surface area contributed by atoms with Crippen molar-refractivity contribution in [3.05, 3.63) is 24.3 Å². The Bertz CT molecular complexity index is 620. The first-order valence-electron chi connectivity index (χ1n) is 9.71. The molecule has 1 saturated carbocycles. The first-order chi connectivity index (χ1) is 12.6. The lowest BCUT2D eigenvalue weighted by atomic mass is 9.87. The van der Waals surface area contributed by atoms with Gasteiger partial charge in [0.05, 0.1) is 12.2 Å². The number of para-hydroxylation sites is 2. The van der Waals surface area contributed by atoms with Crippen molar-refractivity contribution in [1.29, 1.82) is 0 Å². The number of nitrogens with one attached hydrogen (secondary N) is 1. The zero-order chi connectivity index (χ0) is 18.4.